The zero-order chi connectivity index (χ0) is 19.3. The molecule has 2 aromatic carbocycles. The van der Waals surface area contributed by atoms with Gasteiger partial charge in [0.05, 0.1) is 12.1 Å². The van der Waals surface area contributed by atoms with Crippen LogP contribution in [0.25, 0.3) is 10.8 Å². The third-order valence-electron chi connectivity index (χ3n) is 3.72. The first-order valence-corrected chi connectivity index (χ1v) is 8.36. The van der Waals surface area contributed by atoms with E-state index in [0.717, 1.165) is 17.1 Å². The van der Waals surface area contributed by atoms with E-state index in [9.17, 15) is 14.4 Å². The summed E-state index contributed by atoms with van der Waals surface area (Å²) in [4.78, 5) is 36.9. The maximum atomic E-state index is 12.2. The number of hydrogen-bond donors (Lipinski definition) is 1. The second-order valence-corrected chi connectivity index (χ2v) is 7.15. The Labute approximate surface area is 153 Å². The number of aldehydes is 1. The van der Waals surface area contributed by atoms with Crippen LogP contribution in [0.5, 0.6) is 5.75 Å². The van der Waals surface area contributed by atoms with Crippen LogP contribution < -0.4 is 10.1 Å². The number of carbonyl (C=O) groups is 3. The molecule has 26 heavy (non-hydrogen) atoms. The fraction of sp³-hybridized carbons (Fsp3) is 0.350. The molecule has 0 spiro atoms. The fourth-order valence-corrected chi connectivity index (χ4v) is 2.53. The van der Waals surface area contributed by atoms with Crippen LogP contribution in [0.1, 0.15) is 31.1 Å². The summed E-state index contributed by atoms with van der Waals surface area (Å²) in [6.07, 6.45) is 0.725. The topological polar surface area (TPSA) is 75.7 Å². The first-order chi connectivity index (χ1) is 12.2. The van der Waals surface area contributed by atoms with Crippen LogP contribution in [0.2, 0.25) is 0 Å². The van der Waals surface area contributed by atoms with Crippen LogP contribution in [-0.4, -0.2) is 48.7 Å². The molecule has 138 valence electrons. The van der Waals surface area contributed by atoms with Gasteiger partial charge in [0.2, 0.25) is 5.91 Å². The number of nitrogens with zero attached hydrogens (tertiary/aromatic N) is 1. The van der Waals surface area contributed by atoms with Crippen LogP contribution in [-0.2, 0) is 9.59 Å². The summed E-state index contributed by atoms with van der Waals surface area (Å²) in [5.74, 6) is -0.244. The molecule has 1 N–H and O–H groups in total. The van der Waals surface area contributed by atoms with E-state index in [2.05, 4.69) is 5.32 Å². The first-order valence-electron chi connectivity index (χ1n) is 8.36. The lowest BCUT2D eigenvalue weighted by Gasteiger charge is -2.23. The SMILES string of the molecule is CN(CC(=O)NC(C)(C)C)C(=O)COc1ccc2ccccc2c1C=O. The van der Waals surface area contributed by atoms with Crippen LogP contribution in [0, 0.1) is 0 Å². The molecule has 0 aromatic heterocycles. The van der Waals surface area contributed by atoms with Gasteiger partial charge in [0.15, 0.2) is 12.9 Å². The Morgan fingerprint density at radius 2 is 1.85 bits per heavy atom. The van der Waals surface area contributed by atoms with Gasteiger partial charge in [-0.25, -0.2) is 0 Å². The highest BCUT2D eigenvalue weighted by Gasteiger charge is 2.18. The monoisotopic (exact) mass is 356 g/mol. The molecular weight excluding hydrogens is 332 g/mol. The zero-order valence-corrected chi connectivity index (χ0v) is 15.5. The highest BCUT2D eigenvalue weighted by Crippen LogP contribution is 2.26. The lowest BCUT2D eigenvalue weighted by molar-refractivity contribution is -0.136. The van der Waals surface area contributed by atoms with Crippen molar-refractivity contribution >= 4 is 28.9 Å². The van der Waals surface area contributed by atoms with Gasteiger partial charge in [-0.2, -0.15) is 0 Å². The van der Waals surface area contributed by atoms with Crippen LogP contribution in [0.15, 0.2) is 36.4 Å². The fourth-order valence-electron chi connectivity index (χ4n) is 2.53. The summed E-state index contributed by atoms with van der Waals surface area (Å²) >= 11 is 0. The third-order valence-corrected chi connectivity index (χ3v) is 3.72. The molecule has 0 aliphatic carbocycles. The van der Waals surface area contributed by atoms with Crippen molar-refractivity contribution in [2.75, 3.05) is 20.2 Å². The summed E-state index contributed by atoms with van der Waals surface area (Å²) in [5, 5.41) is 4.49. The van der Waals surface area contributed by atoms with E-state index in [1.54, 1.807) is 6.07 Å². The van der Waals surface area contributed by atoms with Crippen molar-refractivity contribution in [3.63, 3.8) is 0 Å². The van der Waals surface area contributed by atoms with Crippen molar-refractivity contribution in [1.29, 1.82) is 0 Å². The summed E-state index contributed by atoms with van der Waals surface area (Å²) in [7, 11) is 1.54. The molecule has 0 saturated carbocycles. The van der Waals surface area contributed by atoms with Crippen molar-refractivity contribution in [2.45, 2.75) is 26.3 Å². The molecule has 0 radical (unpaired) electrons. The molecule has 0 fully saturated rings. The Hall–Kier alpha value is -2.89. The summed E-state index contributed by atoms with van der Waals surface area (Å²) in [5.41, 5.74) is 0.0468. The van der Waals surface area contributed by atoms with Crippen molar-refractivity contribution in [3.8, 4) is 5.75 Å². The number of fused-ring (bicyclic) bond motifs is 1. The molecule has 0 heterocycles. The summed E-state index contributed by atoms with van der Waals surface area (Å²) < 4.78 is 5.55. The van der Waals surface area contributed by atoms with Crippen molar-refractivity contribution in [1.82, 2.24) is 10.2 Å². The van der Waals surface area contributed by atoms with Gasteiger partial charge in [0, 0.05) is 12.6 Å². The molecule has 6 nitrogen and oxygen atoms in total. The molecule has 0 aliphatic heterocycles. The van der Waals surface area contributed by atoms with Crippen molar-refractivity contribution in [3.05, 3.63) is 42.0 Å². The molecule has 2 rings (SSSR count). The predicted octanol–water partition coefficient (Wildman–Crippen LogP) is 2.40. The predicted molar refractivity (Wildman–Crippen MR) is 100 cm³/mol. The number of hydrogen-bond acceptors (Lipinski definition) is 4. The van der Waals surface area contributed by atoms with E-state index in [0.29, 0.717) is 11.3 Å². The molecule has 0 unspecified atom stereocenters. The maximum Gasteiger partial charge on any atom is 0.260 e. The third kappa shape index (κ3) is 5.05. The number of likely N-dealkylation sites (N-methyl/N-ethyl adjacent to an activating group) is 1. The lowest BCUT2D eigenvalue weighted by Crippen LogP contribution is -2.47. The molecule has 6 heteroatoms. The second kappa shape index (κ2) is 7.99. The van der Waals surface area contributed by atoms with E-state index < -0.39 is 0 Å². The molecule has 2 amide bonds. The quantitative estimate of drug-likeness (QED) is 0.807. The van der Waals surface area contributed by atoms with Crippen molar-refractivity contribution in [2.24, 2.45) is 0 Å². The van der Waals surface area contributed by atoms with Gasteiger partial charge < -0.3 is 15.0 Å². The smallest absolute Gasteiger partial charge is 0.260 e. The number of nitrogens with one attached hydrogen (secondary N) is 1. The maximum absolute atomic E-state index is 12.2. The Bertz CT molecular complexity index is 824. The van der Waals surface area contributed by atoms with E-state index >= 15 is 0 Å². The summed E-state index contributed by atoms with van der Waals surface area (Å²) in [6.45, 7) is 5.31. The van der Waals surface area contributed by atoms with E-state index in [4.69, 9.17) is 4.74 Å². The molecule has 0 atom stereocenters. The Balaban J connectivity index is 2.02. The van der Waals surface area contributed by atoms with Gasteiger partial charge >= 0.3 is 0 Å². The lowest BCUT2D eigenvalue weighted by atomic mass is 10.0. The Morgan fingerprint density at radius 3 is 2.50 bits per heavy atom. The number of rotatable bonds is 6. The van der Waals surface area contributed by atoms with Gasteiger partial charge in [-0.15, -0.1) is 0 Å². The Kier molecular flexibility index (Phi) is 5.97. The van der Waals surface area contributed by atoms with Gasteiger partial charge in [0.25, 0.3) is 5.91 Å². The van der Waals surface area contributed by atoms with Crippen LogP contribution in [0.4, 0.5) is 0 Å². The van der Waals surface area contributed by atoms with Crippen LogP contribution >= 0.6 is 0 Å². The van der Waals surface area contributed by atoms with E-state index in [-0.39, 0.29) is 30.5 Å². The van der Waals surface area contributed by atoms with Crippen molar-refractivity contribution < 1.29 is 19.1 Å². The molecular formula is C20H24N2O4. The highest BCUT2D eigenvalue weighted by atomic mass is 16.5. The molecule has 0 saturated heterocycles. The number of carbonyl (C=O) groups excluding carboxylic acids is 3. The molecule has 0 aliphatic rings. The minimum atomic E-state index is -0.360. The first kappa shape index (κ1) is 19.4. The number of amides is 2. The Morgan fingerprint density at radius 1 is 1.15 bits per heavy atom. The van der Waals surface area contributed by atoms with Gasteiger partial charge in [-0.3, -0.25) is 14.4 Å². The molecule has 0 bridgehead atoms. The largest absolute Gasteiger partial charge is 0.483 e. The average Bonchev–Trinajstić information content (AvgIpc) is 2.57. The minimum absolute atomic E-state index is 0.0578. The minimum Gasteiger partial charge on any atom is -0.483 e. The zero-order valence-electron chi connectivity index (χ0n) is 15.5. The van der Waals surface area contributed by atoms with Crippen LogP contribution in [0.3, 0.4) is 0 Å². The highest BCUT2D eigenvalue weighted by molar-refractivity contribution is 6.00. The second-order valence-electron chi connectivity index (χ2n) is 7.15. The molecule has 2 aromatic rings. The summed E-state index contributed by atoms with van der Waals surface area (Å²) in [6, 6.07) is 11.0. The van der Waals surface area contributed by atoms with E-state index in [1.165, 1.54) is 11.9 Å². The van der Waals surface area contributed by atoms with Gasteiger partial charge in [-0.05, 0) is 37.6 Å². The van der Waals surface area contributed by atoms with Gasteiger partial charge in [-0.1, -0.05) is 30.3 Å². The van der Waals surface area contributed by atoms with E-state index in [1.807, 2.05) is 51.1 Å². The van der Waals surface area contributed by atoms with Gasteiger partial charge in [0.1, 0.15) is 5.75 Å². The number of benzene rings is 2. The standard InChI is InChI=1S/C20H24N2O4/c1-20(2,3)21-18(24)11-22(4)19(25)13-26-17-10-9-14-7-5-6-8-15(14)16(17)12-23/h5-10,12H,11,13H2,1-4H3,(H,21,24). The average molecular weight is 356 g/mol. The number of ether oxygens (including phenoxy) is 1. The normalized spacial score (nSPS) is 11.1.